The normalized spacial score (nSPS) is 10.4. The van der Waals surface area contributed by atoms with E-state index in [0.717, 1.165) is 16.9 Å². The summed E-state index contributed by atoms with van der Waals surface area (Å²) in [6.07, 6.45) is 1.79. The van der Waals surface area contributed by atoms with E-state index in [4.69, 9.17) is 5.73 Å². The smallest absolute Gasteiger partial charge is 0.249 e. The minimum Gasteiger partial charge on any atom is -0.366 e. The zero-order valence-electron chi connectivity index (χ0n) is 9.14. The molecule has 0 fully saturated rings. The van der Waals surface area contributed by atoms with Gasteiger partial charge in [-0.2, -0.15) is 0 Å². The zero-order chi connectivity index (χ0) is 11.7. The number of nitrogens with two attached hydrogens (primary N) is 1. The summed E-state index contributed by atoms with van der Waals surface area (Å²) in [5.74, 6) is -0.434. The molecule has 1 amide bonds. The molecule has 0 unspecified atom stereocenters. The zero-order valence-corrected chi connectivity index (χ0v) is 9.14. The van der Waals surface area contributed by atoms with Gasteiger partial charge in [-0.25, -0.2) is 4.68 Å². The number of rotatable bonds is 2. The average Bonchev–Trinajstić information content (AvgIpc) is 2.65. The average molecular weight is 216 g/mol. The lowest BCUT2D eigenvalue weighted by atomic mass is 10.1. The molecule has 16 heavy (non-hydrogen) atoms. The minimum absolute atomic E-state index is 0.434. The molecule has 0 aliphatic heterocycles. The fourth-order valence-electron chi connectivity index (χ4n) is 1.49. The van der Waals surface area contributed by atoms with Crippen LogP contribution in [0, 0.1) is 13.8 Å². The standard InChI is InChI=1S/C11H12N4O/c1-7-3-4-9(5-10(7)11(12)16)15-6-8(2)13-14-15/h3-6H,1-2H3,(H2,12,16). The van der Waals surface area contributed by atoms with Crippen LogP contribution in [0.1, 0.15) is 21.6 Å². The summed E-state index contributed by atoms with van der Waals surface area (Å²) >= 11 is 0. The number of benzene rings is 1. The van der Waals surface area contributed by atoms with Gasteiger partial charge in [0, 0.05) is 5.56 Å². The van der Waals surface area contributed by atoms with E-state index in [-0.39, 0.29) is 0 Å². The van der Waals surface area contributed by atoms with Gasteiger partial charge in [0.2, 0.25) is 5.91 Å². The number of hydrogen-bond acceptors (Lipinski definition) is 3. The van der Waals surface area contributed by atoms with Crippen molar-refractivity contribution in [2.75, 3.05) is 0 Å². The van der Waals surface area contributed by atoms with Crippen molar-refractivity contribution >= 4 is 5.91 Å². The van der Waals surface area contributed by atoms with Gasteiger partial charge in [0.25, 0.3) is 0 Å². The number of aryl methyl sites for hydroxylation is 2. The number of nitrogens with zero attached hydrogens (tertiary/aromatic N) is 3. The molecule has 5 nitrogen and oxygen atoms in total. The van der Waals surface area contributed by atoms with Crippen LogP contribution < -0.4 is 5.73 Å². The highest BCUT2D eigenvalue weighted by atomic mass is 16.1. The highest BCUT2D eigenvalue weighted by Gasteiger charge is 2.07. The summed E-state index contributed by atoms with van der Waals surface area (Å²) < 4.78 is 1.61. The van der Waals surface area contributed by atoms with Gasteiger partial charge < -0.3 is 5.73 Å². The van der Waals surface area contributed by atoms with Crippen LogP contribution in [0.2, 0.25) is 0 Å². The van der Waals surface area contributed by atoms with Crippen molar-refractivity contribution in [3.05, 3.63) is 41.2 Å². The van der Waals surface area contributed by atoms with Gasteiger partial charge in [-0.1, -0.05) is 11.3 Å². The molecular formula is C11H12N4O. The lowest BCUT2D eigenvalue weighted by Crippen LogP contribution is -2.13. The number of carbonyl (C=O) groups is 1. The van der Waals surface area contributed by atoms with Crippen LogP contribution in [0.3, 0.4) is 0 Å². The van der Waals surface area contributed by atoms with Crippen molar-refractivity contribution in [1.29, 1.82) is 0 Å². The van der Waals surface area contributed by atoms with Gasteiger partial charge in [0.05, 0.1) is 17.6 Å². The molecule has 1 aromatic carbocycles. The maximum atomic E-state index is 11.2. The molecule has 0 aliphatic rings. The first-order valence-electron chi connectivity index (χ1n) is 4.87. The second kappa shape index (κ2) is 3.77. The molecule has 0 aliphatic carbocycles. The summed E-state index contributed by atoms with van der Waals surface area (Å²) in [6, 6.07) is 5.42. The minimum atomic E-state index is -0.434. The number of hydrogen-bond donors (Lipinski definition) is 1. The van der Waals surface area contributed by atoms with Crippen molar-refractivity contribution in [2.24, 2.45) is 5.73 Å². The Bertz CT molecular complexity index is 545. The Balaban J connectivity index is 2.51. The molecule has 1 aromatic heterocycles. The monoisotopic (exact) mass is 216 g/mol. The first kappa shape index (κ1) is 10.4. The van der Waals surface area contributed by atoms with Crippen LogP contribution in [0.15, 0.2) is 24.4 Å². The molecule has 1 heterocycles. The van der Waals surface area contributed by atoms with Gasteiger partial charge in [0.1, 0.15) is 0 Å². The molecule has 2 aromatic rings. The van der Waals surface area contributed by atoms with Gasteiger partial charge in [-0.3, -0.25) is 4.79 Å². The maximum Gasteiger partial charge on any atom is 0.249 e. The molecule has 0 atom stereocenters. The summed E-state index contributed by atoms with van der Waals surface area (Å²) in [6.45, 7) is 3.70. The van der Waals surface area contributed by atoms with E-state index in [1.807, 2.05) is 26.0 Å². The highest BCUT2D eigenvalue weighted by Crippen LogP contribution is 2.13. The lowest BCUT2D eigenvalue weighted by Gasteiger charge is -2.05. The van der Waals surface area contributed by atoms with Crippen LogP contribution in [0.4, 0.5) is 0 Å². The summed E-state index contributed by atoms with van der Waals surface area (Å²) in [5, 5.41) is 7.82. The quantitative estimate of drug-likeness (QED) is 0.813. The number of carbonyl (C=O) groups excluding carboxylic acids is 1. The van der Waals surface area contributed by atoms with E-state index in [1.54, 1.807) is 16.9 Å². The predicted octanol–water partition coefficient (Wildman–Crippen LogP) is 0.983. The van der Waals surface area contributed by atoms with Crippen molar-refractivity contribution < 1.29 is 4.79 Å². The van der Waals surface area contributed by atoms with Crippen molar-refractivity contribution in [3.63, 3.8) is 0 Å². The summed E-state index contributed by atoms with van der Waals surface area (Å²) in [7, 11) is 0. The fourth-order valence-corrected chi connectivity index (χ4v) is 1.49. The molecule has 0 saturated heterocycles. The lowest BCUT2D eigenvalue weighted by molar-refractivity contribution is 0.0999. The van der Waals surface area contributed by atoms with E-state index in [2.05, 4.69) is 10.3 Å². The molecule has 2 N–H and O–H groups in total. The molecule has 2 rings (SSSR count). The van der Waals surface area contributed by atoms with E-state index >= 15 is 0 Å². The third-order valence-corrected chi connectivity index (χ3v) is 2.36. The predicted molar refractivity (Wildman–Crippen MR) is 59.4 cm³/mol. The molecule has 82 valence electrons. The Morgan fingerprint density at radius 2 is 2.12 bits per heavy atom. The molecule has 0 spiro atoms. The third kappa shape index (κ3) is 1.79. The maximum absolute atomic E-state index is 11.2. The molecule has 5 heteroatoms. The highest BCUT2D eigenvalue weighted by molar-refractivity contribution is 5.94. The fraction of sp³-hybridized carbons (Fsp3) is 0.182. The molecule has 0 bridgehead atoms. The topological polar surface area (TPSA) is 73.8 Å². The van der Waals surface area contributed by atoms with E-state index in [1.165, 1.54) is 0 Å². The van der Waals surface area contributed by atoms with E-state index in [9.17, 15) is 4.79 Å². The molecule has 0 saturated carbocycles. The SMILES string of the molecule is Cc1cn(-c2ccc(C)c(C(N)=O)c2)nn1. The van der Waals surface area contributed by atoms with Crippen LogP contribution in [-0.4, -0.2) is 20.9 Å². The second-order valence-electron chi connectivity index (χ2n) is 3.67. The van der Waals surface area contributed by atoms with Crippen LogP contribution in [-0.2, 0) is 0 Å². The van der Waals surface area contributed by atoms with Gasteiger partial charge in [-0.05, 0) is 31.5 Å². The third-order valence-electron chi connectivity index (χ3n) is 2.36. The molecule has 0 radical (unpaired) electrons. The Labute approximate surface area is 92.9 Å². The Kier molecular flexibility index (Phi) is 2.44. The van der Waals surface area contributed by atoms with E-state index in [0.29, 0.717) is 5.56 Å². The number of primary amides is 1. The van der Waals surface area contributed by atoms with Crippen LogP contribution in [0.5, 0.6) is 0 Å². The van der Waals surface area contributed by atoms with Crippen molar-refractivity contribution in [2.45, 2.75) is 13.8 Å². The first-order chi connectivity index (χ1) is 7.58. The molecular weight excluding hydrogens is 204 g/mol. The van der Waals surface area contributed by atoms with E-state index < -0.39 is 5.91 Å². The Hall–Kier alpha value is -2.17. The van der Waals surface area contributed by atoms with Gasteiger partial charge >= 0.3 is 0 Å². The van der Waals surface area contributed by atoms with Crippen molar-refractivity contribution in [3.8, 4) is 5.69 Å². The largest absolute Gasteiger partial charge is 0.366 e. The van der Waals surface area contributed by atoms with Crippen LogP contribution >= 0.6 is 0 Å². The summed E-state index contributed by atoms with van der Waals surface area (Å²) in [5.41, 5.74) is 8.24. The van der Waals surface area contributed by atoms with Crippen molar-refractivity contribution in [1.82, 2.24) is 15.0 Å². The second-order valence-corrected chi connectivity index (χ2v) is 3.67. The number of aromatic nitrogens is 3. The number of amides is 1. The summed E-state index contributed by atoms with van der Waals surface area (Å²) in [4.78, 5) is 11.2. The first-order valence-corrected chi connectivity index (χ1v) is 4.87. The Morgan fingerprint density at radius 3 is 2.69 bits per heavy atom. The van der Waals surface area contributed by atoms with Gasteiger partial charge in [0.15, 0.2) is 0 Å². The Morgan fingerprint density at radius 1 is 1.38 bits per heavy atom. The van der Waals surface area contributed by atoms with Crippen LogP contribution in [0.25, 0.3) is 5.69 Å². The van der Waals surface area contributed by atoms with Gasteiger partial charge in [-0.15, -0.1) is 5.10 Å².